The Bertz CT molecular complexity index is 1520. The average molecular weight is 622 g/mol. The number of likely N-dealkylation sites (N-methyl/N-ethyl adjacent to an activating group) is 1. The second kappa shape index (κ2) is 13.9. The lowest BCUT2D eigenvalue weighted by Crippen LogP contribution is -2.28. The standard InChI is InChI=1S/C35H44N2O4S2/c1-7-25(38)15-11-10-14-22-37-31-20-18-26(42-39)23-28(31)34(3,4)33(37)17-13-9-12-16-32-35(5,6)29-24-27(43(40)41)19-21-30(29)36(32)8-2/h9,12-13,16-21,23-24H,7-8,10-11,14-15,22H2,1-6H3,(H-,39,40,41)/p+1. The number of carbonyl (C=O) groups excluding carboxylic acids is 1. The molecule has 0 bridgehead atoms. The maximum Gasteiger partial charge on any atom is 0.209 e. The van der Waals surface area contributed by atoms with Gasteiger partial charge in [-0.2, -0.15) is 4.58 Å². The van der Waals surface area contributed by atoms with Gasteiger partial charge in [0, 0.05) is 77.3 Å². The van der Waals surface area contributed by atoms with Gasteiger partial charge in [-0.3, -0.25) is 4.79 Å². The van der Waals surface area contributed by atoms with Crippen LogP contribution in [0.3, 0.4) is 0 Å². The summed E-state index contributed by atoms with van der Waals surface area (Å²) in [6, 6.07) is 11.7. The summed E-state index contributed by atoms with van der Waals surface area (Å²) in [5.74, 6) is 0.330. The van der Waals surface area contributed by atoms with E-state index in [0.717, 1.165) is 66.2 Å². The number of hydrogen-bond acceptors (Lipinski definition) is 5. The van der Waals surface area contributed by atoms with Crippen molar-refractivity contribution in [1.29, 1.82) is 0 Å². The molecule has 2 heterocycles. The highest BCUT2D eigenvalue weighted by Gasteiger charge is 2.44. The van der Waals surface area contributed by atoms with E-state index < -0.39 is 11.1 Å². The van der Waals surface area contributed by atoms with Crippen molar-refractivity contribution >= 4 is 46.0 Å². The number of ketones is 1. The highest BCUT2D eigenvalue weighted by atomic mass is 32.2. The minimum atomic E-state index is -2.02. The third kappa shape index (κ3) is 6.83. The zero-order valence-electron chi connectivity index (χ0n) is 26.2. The quantitative estimate of drug-likeness (QED) is 0.0767. The van der Waals surface area contributed by atoms with Crippen LogP contribution in [0.2, 0.25) is 0 Å². The topological polar surface area (TPSA) is 80.9 Å². The molecule has 1 unspecified atom stereocenters. The highest BCUT2D eigenvalue weighted by Crippen LogP contribution is 2.48. The number of benzene rings is 2. The normalized spacial score (nSPS) is 18.7. The molecule has 2 aliphatic rings. The summed E-state index contributed by atoms with van der Waals surface area (Å²) in [4.78, 5) is 15.3. The molecule has 0 radical (unpaired) electrons. The van der Waals surface area contributed by atoms with Crippen LogP contribution >= 0.6 is 12.0 Å². The SMILES string of the molecule is CCC(=O)CCCCC[N+]1=C(/C=C/C=C/C=C2\N(CC)c3ccc(S(=O)O)cc3C2(C)C)C(C)(C)c2cc(SO)ccc21. The van der Waals surface area contributed by atoms with Gasteiger partial charge in [-0.25, -0.2) is 4.21 Å². The Kier molecular flexibility index (Phi) is 10.7. The van der Waals surface area contributed by atoms with Gasteiger partial charge in [-0.05, 0) is 75.6 Å². The van der Waals surface area contributed by atoms with Crippen molar-refractivity contribution in [2.45, 2.75) is 94.3 Å². The molecule has 0 spiro atoms. The molecule has 0 fully saturated rings. The lowest BCUT2D eigenvalue weighted by Gasteiger charge is -2.25. The molecular weight excluding hydrogens is 577 g/mol. The van der Waals surface area contributed by atoms with Crippen LogP contribution in [0.1, 0.15) is 84.8 Å². The van der Waals surface area contributed by atoms with Crippen LogP contribution < -0.4 is 4.90 Å². The van der Waals surface area contributed by atoms with Gasteiger partial charge in [-0.15, -0.1) is 0 Å². The largest absolute Gasteiger partial charge is 0.344 e. The first-order valence-electron chi connectivity index (χ1n) is 15.2. The molecule has 8 heteroatoms. The minimum Gasteiger partial charge on any atom is -0.344 e. The van der Waals surface area contributed by atoms with E-state index in [1.807, 2.05) is 25.1 Å². The van der Waals surface area contributed by atoms with Gasteiger partial charge in [0.15, 0.2) is 16.8 Å². The molecule has 6 nitrogen and oxygen atoms in total. The summed E-state index contributed by atoms with van der Waals surface area (Å²) in [5, 5.41) is 0. The van der Waals surface area contributed by atoms with E-state index in [0.29, 0.717) is 23.5 Å². The van der Waals surface area contributed by atoms with Crippen molar-refractivity contribution in [3.8, 4) is 0 Å². The monoisotopic (exact) mass is 621 g/mol. The Labute approximate surface area is 263 Å². The number of unbranched alkanes of at least 4 members (excludes halogenated alkanes) is 2. The maximum absolute atomic E-state index is 11.7. The van der Waals surface area contributed by atoms with Crippen molar-refractivity contribution in [1.82, 2.24) is 0 Å². The van der Waals surface area contributed by atoms with Gasteiger partial charge in [-0.1, -0.05) is 39.0 Å². The van der Waals surface area contributed by atoms with Crippen LogP contribution in [-0.2, 0) is 26.7 Å². The van der Waals surface area contributed by atoms with Crippen molar-refractivity contribution in [3.05, 3.63) is 83.6 Å². The van der Waals surface area contributed by atoms with Crippen LogP contribution in [0.25, 0.3) is 0 Å². The van der Waals surface area contributed by atoms with E-state index in [-0.39, 0.29) is 10.8 Å². The minimum absolute atomic E-state index is 0.235. The predicted molar refractivity (Wildman–Crippen MR) is 179 cm³/mol. The first-order chi connectivity index (χ1) is 20.5. The van der Waals surface area contributed by atoms with E-state index in [2.05, 4.69) is 86.6 Å². The number of hydrogen-bond donors (Lipinski definition) is 2. The fourth-order valence-corrected chi connectivity index (χ4v) is 7.06. The van der Waals surface area contributed by atoms with Crippen molar-refractivity contribution in [3.63, 3.8) is 0 Å². The van der Waals surface area contributed by atoms with Crippen molar-refractivity contribution < 1.29 is 22.7 Å². The highest BCUT2D eigenvalue weighted by molar-refractivity contribution is 7.93. The molecule has 2 N–H and O–H groups in total. The molecule has 43 heavy (non-hydrogen) atoms. The number of allylic oxidation sites excluding steroid dienone is 6. The fraction of sp³-hybridized carbons (Fsp3) is 0.429. The summed E-state index contributed by atoms with van der Waals surface area (Å²) < 4.78 is 33.5. The van der Waals surface area contributed by atoms with Crippen LogP contribution in [0.5, 0.6) is 0 Å². The van der Waals surface area contributed by atoms with Crippen molar-refractivity contribution in [2.24, 2.45) is 0 Å². The van der Waals surface area contributed by atoms with Gasteiger partial charge in [0.2, 0.25) is 5.69 Å². The molecule has 0 aliphatic carbocycles. The van der Waals surface area contributed by atoms with Gasteiger partial charge < -0.3 is 14.0 Å². The zero-order valence-corrected chi connectivity index (χ0v) is 27.9. The van der Waals surface area contributed by atoms with Crippen LogP contribution in [0, 0.1) is 0 Å². The van der Waals surface area contributed by atoms with E-state index in [9.17, 15) is 18.1 Å². The summed E-state index contributed by atoms with van der Waals surface area (Å²) in [6.07, 6.45) is 14.7. The molecule has 0 amide bonds. The number of Topliss-reactive ketones (excluding diaryl/α,β-unsaturated/α-hetero) is 1. The van der Waals surface area contributed by atoms with E-state index in [1.54, 1.807) is 6.07 Å². The lowest BCUT2D eigenvalue weighted by atomic mass is 9.81. The first-order valence-corrected chi connectivity index (χ1v) is 17.1. The Morgan fingerprint density at radius 2 is 1.74 bits per heavy atom. The lowest BCUT2D eigenvalue weighted by molar-refractivity contribution is -0.438. The molecule has 1 atom stereocenters. The second-order valence-electron chi connectivity index (χ2n) is 12.2. The molecule has 0 saturated heterocycles. The summed E-state index contributed by atoms with van der Waals surface area (Å²) in [7, 11) is 0. The second-order valence-corrected chi connectivity index (χ2v) is 13.9. The Morgan fingerprint density at radius 1 is 0.977 bits per heavy atom. The van der Waals surface area contributed by atoms with E-state index in [1.165, 1.54) is 17.0 Å². The molecule has 0 saturated carbocycles. The Morgan fingerprint density at radius 3 is 2.42 bits per heavy atom. The number of nitrogens with zero attached hydrogens (tertiary/aromatic N) is 2. The molecule has 230 valence electrons. The average Bonchev–Trinajstić information content (AvgIpc) is 3.33. The molecule has 0 aromatic heterocycles. The van der Waals surface area contributed by atoms with E-state index >= 15 is 0 Å². The molecule has 2 aliphatic heterocycles. The van der Waals surface area contributed by atoms with Gasteiger partial charge in [0.05, 0.1) is 10.3 Å². The summed E-state index contributed by atoms with van der Waals surface area (Å²) in [5.41, 5.74) is 6.32. The third-order valence-electron chi connectivity index (χ3n) is 8.81. The molecule has 2 aromatic rings. The number of fused-ring (bicyclic) bond motifs is 2. The summed E-state index contributed by atoms with van der Waals surface area (Å²) >= 11 is -1.24. The van der Waals surface area contributed by atoms with Gasteiger partial charge >= 0.3 is 0 Å². The molecule has 2 aromatic carbocycles. The number of rotatable bonds is 13. The fourth-order valence-electron chi connectivity index (χ4n) is 6.36. The molecule has 4 rings (SSSR count). The predicted octanol–water partition coefficient (Wildman–Crippen LogP) is 8.56. The summed E-state index contributed by atoms with van der Waals surface area (Å²) in [6.45, 7) is 14.5. The zero-order chi connectivity index (χ0) is 31.4. The van der Waals surface area contributed by atoms with Crippen LogP contribution in [0.15, 0.2) is 82.3 Å². The van der Waals surface area contributed by atoms with Crippen LogP contribution in [0.4, 0.5) is 11.4 Å². The maximum atomic E-state index is 11.7. The van der Waals surface area contributed by atoms with Crippen LogP contribution in [-0.4, -0.2) is 42.5 Å². The molecular formula is C35H45N2O4S2+. The van der Waals surface area contributed by atoms with Gasteiger partial charge in [0.1, 0.15) is 12.3 Å². The number of carbonyl (C=O) groups is 1. The Balaban J connectivity index is 1.59. The third-order valence-corrected chi connectivity index (χ3v) is 9.93. The Hall–Kier alpha value is -2.78. The first kappa shape index (κ1) is 33.1. The van der Waals surface area contributed by atoms with Gasteiger partial charge in [0.25, 0.3) is 0 Å². The van der Waals surface area contributed by atoms with Crippen molar-refractivity contribution in [2.75, 3.05) is 18.0 Å². The number of anilines is 1. The van der Waals surface area contributed by atoms with E-state index in [4.69, 9.17) is 0 Å². The smallest absolute Gasteiger partial charge is 0.209 e.